The van der Waals surface area contributed by atoms with Crippen LogP contribution in [0.3, 0.4) is 0 Å². The second-order valence-corrected chi connectivity index (χ2v) is 7.82. The van der Waals surface area contributed by atoms with Crippen molar-refractivity contribution in [1.29, 1.82) is 0 Å². The maximum atomic E-state index is 13.6. The summed E-state index contributed by atoms with van der Waals surface area (Å²) in [5, 5.41) is 6.72. The molecule has 0 amide bonds. The average molecular weight is 444 g/mol. The summed E-state index contributed by atoms with van der Waals surface area (Å²) in [6.45, 7) is 3.99. The topological polar surface area (TPSA) is 115 Å². The van der Waals surface area contributed by atoms with Crippen LogP contribution in [-0.2, 0) is 9.53 Å². The highest BCUT2D eigenvalue weighted by Crippen LogP contribution is 2.24. The molecule has 31 heavy (non-hydrogen) atoms. The first-order valence-corrected chi connectivity index (χ1v) is 10.3. The lowest BCUT2D eigenvalue weighted by Gasteiger charge is -2.18. The van der Waals surface area contributed by atoms with Crippen molar-refractivity contribution >= 4 is 35.3 Å². The normalized spacial score (nSPS) is 11.8. The summed E-state index contributed by atoms with van der Waals surface area (Å²) in [5.74, 6) is -0.241. The fourth-order valence-corrected chi connectivity index (χ4v) is 3.28. The predicted octanol–water partition coefficient (Wildman–Crippen LogP) is 3.70. The summed E-state index contributed by atoms with van der Waals surface area (Å²) in [7, 11) is 1.33. The van der Waals surface area contributed by atoms with E-state index in [1.165, 1.54) is 19.2 Å². The molecule has 0 bridgehead atoms. The van der Waals surface area contributed by atoms with Gasteiger partial charge in [0, 0.05) is 18.1 Å². The number of benzene rings is 1. The fraction of sp³-hybridized carbons (Fsp3) is 0.300. The summed E-state index contributed by atoms with van der Waals surface area (Å²) in [4.78, 5) is 33.6. The quantitative estimate of drug-likeness (QED) is 0.375. The van der Waals surface area contributed by atoms with Crippen LogP contribution in [0.1, 0.15) is 20.3 Å². The highest BCUT2D eigenvalue weighted by atomic mass is 32.2. The zero-order chi connectivity index (χ0) is 22.2. The van der Waals surface area contributed by atoms with Crippen LogP contribution in [0.2, 0.25) is 0 Å². The summed E-state index contributed by atoms with van der Waals surface area (Å²) in [6, 6.07) is 6.98. The van der Waals surface area contributed by atoms with Crippen LogP contribution in [-0.4, -0.2) is 44.0 Å². The Morgan fingerprint density at radius 1 is 1.10 bits per heavy atom. The minimum Gasteiger partial charge on any atom is -0.467 e. The Kier molecular flexibility index (Phi) is 7.65. The molecule has 0 saturated carbocycles. The first-order chi connectivity index (χ1) is 14.9. The van der Waals surface area contributed by atoms with Gasteiger partial charge in [0.05, 0.1) is 7.11 Å². The number of anilines is 3. The van der Waals surface area contributed by atoms with E-state index < -0.39 is 17.8 Å². The van der Waals surface area contributed by atoms with Crippen molar-refractivity contribution in [1.82, 2.24) is 24.9 Å². The number of nitrogens with one attached hydrogen (secondary N) is 2. The third kappa shape index (κ3) is 6.85. The van der Waals surface area contributed by atoms with E-state index in [0.717, 1.165) is 11.8 Å². The van der Waals surface area contributed by atoms with E-state index in [2.05, 4.69) is 35.6 Å². The molecule has 0 aliphatic rings. The lowest BCUT2D eigenvalue weighted by molar-refractivity contribution is -0.141. The van der Waals surface area contributed by atoms with E-state index in [1.807, 2.05) is 13.8 Å². The van der Waals surface area contributed by atoms with Crippen molar-refractivity contribution in [2.75, 3.05) is 17.7 Å². The van der Waals surface area contributed by atoms with Gasteiger partial charge >= 0.3 is 5.97 Å². The van der Waals surface area contributed by atoms with Crippen molar-refractivity contribution in [3.63, 3.8) is 0 Å². The molecule has 9 nitrogen and oxygen atoms in total. The van der Waals surface area contributed by atoms with Gasteiger partial charge in [-0.15, -0.1) is 0 Å². The SMILES string of the molecule is COC(=O)[C@H](CC(C)C)Nc1nc(Nc2cccc(F)c2)nc(Sc2ncccn2)n1. The highest BCUT2D eigenvalue weighted by Gasteiger charge is 2.22. The number of nitrogens with zero attached hydrogens (tertiary/aromatic N) is 5. The summed E-state index contributed by atoms with van der Waals surface area (Å²) in [5.41, 5.74) is 0.468. The van der Waals surface area contributed by atoms with Gasteiger partial charge in [0.1, 0.15) is 11.9 Å². The van der Waals surface area contributed by atoms with E-state index in [-0.39, 0.29) is 17.8 Å². The number of aromatic nitrogens is 5. The zero-order valence-electron chi connectivity index (χ0n) is 17.2. The summed E-state index contributed by atoms with van der Waals surface area (Å²) >= 11 is 1.13. The maximum absolute atomic E-state index is 13.6. The number of carbonyl (C=O) groups is 1. The number of esters is 1. The molecule has 0 unspecified atom stereocenters. The van der Waals surface area contributed by atoms with Gasteiger partial charge in [0.25, 0.3) is 0 Å². The Hall–Kier alpha value is -3.34. The molecule has 0 aliphatic carbocycles. The van der Waals surface area contributed by atoms with Crippen LogP contribution < -0.4 is 10.6 Å². The molecule has 3 aromatic rings. The lowest BCUT2D eigenvalue weighted by atomic mass is 10.0. The van der Waals surface area contributed by atoms with Gasteiger partial charge in [0.2, 0.25) is 17.1 Å². The molecule has 2 aromatic heterocycles. The monoisotopic (exact) mass is 443 g/mol. The molecule has 0 fully saturated rings. The maximum Gasteiger partial charge on any atom is 0.328 e. The minimum atomic E-state index is -0.639. The van der Waals surface area contributed by atoms with E-state index in [1.54, 1.807) is 30.6 Å². The van der Waals surface area contributed by atoms with Gasteiger partial charge in [-0.1, -0.05) is 19.9 Å². The lowest BCUT2D eigenvalue weighted by Crippen LogP contribution is -2.33. The number of hydrogen-bond donors (Lipinski definition) is 2. The number of halogens is 1. The molecule has 11 heteroatoms. The number of carbonyl (C=O) groups excluding carboxylic acids is 1. The van der Waals surface area contributed by atoms with Crippen molar-refractivity contribution in [2.45, 2.75) is 36.6 Å². The average Bonchev–Trinajstić information content (AvgIpc) is 2.73. The summed E-state index contributed by atoms with van der Waals surface area (Å²) in [6.07, 6.45) is 3.74. The largest absolute Gasteiger partial charge is 0.467 e. The Morgan fingerprint density at radius 2 is 1.84 bits per heavy atom. The van der Waals surface area contributed by atoms with E-state index in [0.29, 0.717) is 22.4 Å². The van der Waals surface area contributed by atoms with Crippen molar-refractivity contribution in [3.8, 4) is 0 Å². The van der Waals surface area contributed by atoms with Crippen LogP contribution in [0.5, 0.6) is 0 Å². The first kappa shape index (κ1) is 22.3. The molecule has 0 spiro atoms. The third-order valence-corrected chi connectivity index (χ3v) is 4.67. The summed E-state index contributed by atoms with van der Waals surface area (Å²) < 4.78 is 18.5. The predicted molar refractivity (Wildman–Crippen MR) is 115 cm³/mol. The number of ether oxygens (including phenoxy) is 1. The Labute approximate surface area is 183 Å². The van der Waals surface area contributed by atoms with Gasteiger partial charge in [-0.05, 0) is 48.4 Å². The van der Waals surface area contributed by atoms with Gasteiger partial charge in [-0.3, -0.25) is 0 Å². The number of hydrogen-bond acceptors (Lipinski definition) is 10. The molecule has 162 valence electrons. The van der Waals surface area contributed by atoms with Gasteiger partial charge in [0.15, 0.2) is 5.16 Å². The second-order valence-electron chi connectivity index (χ2n) is 6.88. The van der Waals surface area contributed by atoms with Gasteiger partial charge < -0.3 is 15.4 Å². The molecule has 2 N–H and O–H groups in total. The minimum absolute atomic E-state index is 0.170. The Balaban J connectivity index is 1.92. The van der Waals surface area contributed by atoms with Crippen molar-refractivity contribution in [3.05, 3.63) is 48.5 Å². The van der Waals surface area contributed by atoms with E-state index >= 15 is 0 Å². The van der Waals surface area contributed by atoms with Crippen LogP contribution in [0, 0.1) is 11.7 Å². The molecular formula is C20H22FN7O2S. The number of methoxy groups -OCH3 is 1. The zero-order valence-corrected chi connectivity index (χ0v) is 18.1. The molecule has 0 aliphatic heterocycles. The molecule has 1 aromatic carbocycles. The molecule has 3 rings (SSSR count). The second kappa shape index (κ2) is 10.6. The van der Waals surface area contributed by atoms with Crippen LogP contribution >= 0.6 is 11.8 Å². The van der Waals surface area contributed by atoms with Crippen LogP contribution in [0.4, 0.5) is 22.0 Å². The molecule has 0 saturated heterocycles. The molecular weight excluding hydrogens is 421 g/mol. The Morgan fingerprint density at radius 3 is 2.52 bits per heavy atom. The third-order valence-electron chi connectivity index (χ3n) is 3.92. The smallest absolute Gasteiger partial charge is 0.328 e. The van der Waals surface area contributed by atoms with Crippen LogP contribution in [0.15, 0.2) is 53.0 Å². The molecule has 0 radical (unpaired) electrons. The fourth-order valence-electron chi connectivity index (χ4n) is 2.62. The van der Waals surface area contributed by atoms with Crippen molar-refractivity contribution < 1.29 is 13.9 Å². The first-order valence-electron chi connectivity index (χ1n) is 9.51. The number of rotatable bonds is 9. The van der Waals surface area contributed by atoms with Gasteiger partial charge in [-0.2, -0.15) is 15.0 Å². The van der Waals surface area contributed by atoms with E-state index in [9.17, 15) is 9.18 Å². The standard InChI is InChI=1S/C20H22FN7O2S/c1-12(2)10-15(16(29)30-3)25-18-26-17(24-14-7-4-6-13(21)11-14)27-20(28-18)31-19-22-8-5-9-23-19/h4-9,11-12,15H,10H2,1-3H3,(H2,24,25,26,27,28)/t15-/m0/s1. The highest BCUT2D eigenvalue weighted by molar-refractivity contribution is 7.99. The van der Waals surface area contributed by atoms with E-state index in [4.69, 9.17) is 4.74 Å². The van der Waals surface area contributed by atoms with Crippen molar-refractivity contribution in [2.24, 2.45) is 5.92 Å². The molecule has 1 atom stereocenters. The van der Waals surface area contributed by atoms with Crippen LogP contribution in [0.25, 0.3) is 0 Å². The Bertz CT molecular complexity index is 1020. The van der Waals surface area contributed by atoms with Gasteiger partial charge in [-0.25, -0.2) is 19.2 Å². The molecule has 2 heterocycles.